The predicted molar refractivity (Wildman–Crippen MR) is 94.1 cm³/mol. The Morgan fingerprint density at radius 1 is 1.28 bits per heavy atom. The van der Waals surface area contributed by atoms with Crippen LogP contribution in [0.25, 0.3) is 0 Å². The highest BCUT2D eigenvalue weighted by molar-refractivity contribution is 7.16. The Morgan fingerprint density at radius 2 is 2.00 bits per heavy atom. The number of carboxylic acid groups (broad SMARTS) is 1. The zero-order chi connectivity index (χ0) is 18.3. The summed E-state index contributed by atoms with van der Waals surface area (Å²) in [5, 5.41) is 12.4. The molecule has 0 aromatic carbocycles. The van der Waals surface area contributed by atoms with E-state index in [2.05, 4.69) is 5.32 Å². The van der Waals surface area contributed by atoms with Gasteiger partial charge in [-0.2, -0.15) is 0 Å². The van der Waals surface area contributed by atoms with Crippen molar-refractivity contribution in [2.24, 2.45) is 0 Å². The highest BCUT2D eigenvalue weighted by atomic mass is 32.1. The molecule has 3 rings (SSSR count). The van der Waals surface area contributed by atoms with Crippen molar-refractivity contribution in [1.29, 1.82) is 0 Å². The maximum atomic E-state index is 12.6. The first-order valence-electron chi connectivity index (χ1n) is 8.17. The molecular formula is C18H19NO5S. The van der Waals surface area contributed by atoms with Crippen LogP contribution in [0.5, 0.6) is 0 Å². The molecule has 0 saturated heterocycles. The number of rotatable bonds is 4. The van der Waals surface area contributed by atoms with Gasteiger partial charge < -0.3 is 14.8 Å². The molecular weight excluding hydrogens is 342 g/mol. The van der Waals surface area contributed by atoms with Gasteiger partial charge in [0.15, 0.2) is 11.5 Å². The molecule has 25 heavy (non-hydrogen) atoms. The second-order valence-corrected chi connectivity index (χ2v) is 7.31. The summed E-state index contributed by atoms with van der Waals surface area (Å²) >= 11 is 1.24. The maximum absolute atomic E-state index is 12.6. The number of carbonyl (C=O) groups is 3. The molecule has 0 atom stereocenters. The highest BCUT2D eigenvalue weighted by Crippen LogP contribution is 2.35. The zero-order valence-corrected chi connectivity index (χ0v) is 15.1. The van der Waals surface area contributed by atoms with Crippen molar-refractivity contribution >= 4 is 34.0 Å². The number of aryl methyl sites for hydroxylation is 2. The van der Waals surface area contributed by atoms with Gasteiger partial charge in [-0.05, 0) is 32.3 Å². The van der Waals surface area contributed by atoms with Crippen LogP contribution in [-0.4, -0.2) is 22.8 Å². The molecule has 2 heterocycles. The van der Waals surface area contributed by atoms with Gasteiger partial charge in [0.1, 0.15) is 10.8 Å². The Hall–Kier alpha value is -2.41. The number of ketones is 1. The molecule has 7 heteroatoms. The molecule has 2 N–H and O–H groups in total. The first-order valence-corrected chi connectivity index (χ1v) is 8.99. The van der Waals surface area contributed by atoms with Crippen LogP contribution in [0.15, 0.2) is 4.42 Å². The van der Waals surface area contributed by atoms with Crippen molar-refractivity contribution in [3.8, 4) is 0 Å². The third kappa shape index (κ3) is 2.89. The van der Waals surface area contributed by atoms with Crippen molar-refractivity contribution in [2.45, 2.75) is 46.5 Å². The highest BCUT2D eigenvalue weighted by Gasteiger charge is 2.30. The van der Waals surface area contributed by atoms with Crippen LogP contribution in [0.2, 0.25) is 0 Å². The van der Waals surface area contributed by atoms with Crippen LogP contribution in [0.1, 0.15) is 72.8 Å². The number of carboxylic acids is 1. The number of amides is 1. The molecule has 1 amide bonds. The van der Waals surface area contributed by atoms with Crippen LogP contribution in [0.4, 0.5) is 5.00 Å². The number of hydrogen-bond donors (Lipinski definition) is 2. The zero-order valence-electron chi connectivity index (χ0n) is 14.3. The summed E-state index contributed by atoms with van der Waals surface area (Å²) in [4.78, 5) is 37.2. The summed E-state index contributed by atoms with van der Waals surface area (Å²) in [7, 11) is 0. The summed E-state index contributed by atoms with van der Waals surface area (Å²) in [5.74, 6) is -0.962. The van der Waals surface area contributed by atoms with Gasteiger partial charge in [-0.25, -0.2) is 4.79 Å². The molecule has 132 valence electrons. The minimum absolute atomic E-state index is 0.00647. The summed E-state index contributed by atoms with van der Waals surface area (Å²) in [6.45, 7) is 5.40. The number of Topliss-reactive ketones (excluding diaryl/α,β-unsaturated/α-hetero) is 1. The quantitative estimate of drug-likeness (QED) is 0.858. The predicted octanol–water partition coefficient (Wildman–Crippen LogP) is 3.99. The van der Waals surface area contributed by atoms with Gasteiger partial charge in [0.25, 0.3) is 5.91 Å². The summed E-state index contributed by atoms with van der Waals surface area (Å²) < 4.78 is 5.63. The van der Waals surface area contributed by atoms with Crippen LogP contribution in [0.3, 0.4) is 0 Å². The number of nitrogens with one attached hydrogen (secondary N) is 1. The first kappa shape index (κ1) is 17.4. The van der Waals surface area contributed by atoms with Crippen LogP contribution >= 0.6 is 11.3 Å². The van der Waals surface area contributed by atoms with E-state index in [0.29, 0.717) is 47.6 Å². The molecule has 1 aliphatic carbocycles. The van der Waals surface area contributed by atoms with Crippen molar-refractivity contribution in [2.75, 3.05) is 5.32 Å². The Labute approximate surface area is 148 Å². The van der Waals surface area contributed by atoms with Crippen LogP contribution < -0.4 is 5.32 Å². The second-order valence-electron chi connectivity index (χ2n) is 6.08. The molecule has 0 radical (unpaired) electrons. The lowest BCUT2D eigenvalue weighted by atomic mass is 9.94. The van der Waals surface area contributed by atoms with Gasteiger partial charge in [0.2, 0.25) is 0 Å². The third-order valence-corrected chi connectivity index (χ3v) is 5.58. The monoisotopic (exact) mass is 361 g/mol. The topological polar surface area (TPSA) is 96.6 Å². The largest absolute Gasteiger partial charge is 0.478 e. The molecule has 0 saturated carbocycles. The minimum Gasteiger partial charge on any atom is -0.478 e. The fourth-order valence-electron chi connectivity index (χ4n) is 3.34. The van der Waals surface area contributed by atoms with Crippen LogP contribution in [-0.2, 0) is 12.8 Å². The number of anilines is 1. The Kier molecular flexibility index (Phi) is 4.51. The van der Waals surface area contributed by atoms with Gasteiger partial charge in [0, 0.05) is 23.3 Å². The van der Waals surface area contributed by atoms with E-state index in [-0.39, 0.29) is 17.1 Å². The number of hydrogen-bond acceptors (Lipinski definition) is 5. The molecule has 0 unspecified atom stereocenters. The Morgan fingerprint density at radius 3 is 2.60 bits per heavy atom. The maximum Gasteiger partial charge on any atom is 0.339 e. The van der Waals surface area contributed by atoms with E-state index < -0.39 is 11.9 Å². The standard InChI is InChI=1S/C18H19NO5S/c1-4-10-9(3)25-17(14(10)18(22)23)19-16(21)15-8(2)13-11(20)6-5-7-12(13)24-15/h4-7H2,1-3H3,(H,19,21)(H,22,23). The SMILES string of the molecule is CCc1c(C)sc(NC(=O)c2oc3c(c2C)C(=O)CCC3)c1C(=O)O. The average molecular weight is 361 g/mol. The summed E-state index contributed by atoms with van der Waals surface area (Å²) in [6.07, 6.45) is 2.38. The molecule has 0 bridgehead atoms. The fourth-order valence-corrected chi connectivity index (χ4v) is 4.48. The van der Waals surface area contributed by atoms with Gasteiger partial charge in [-0.15, -0.1) is 11.3 Å². The molecule has 6 nitrogen and oxygen atoms in total. The Balaban J connectivity index is 1.97. The van der Waals surface area contributed by atoms with E-state index in [0.717, 1.165) is 10.4 Å². The lowest BCUT2D eigenvalue weighted by molar-refractivity contribution is 0.0697. The van der Waals surface area contributed by atoms with Crippen molar-refractivity contribution in [3.05, 3.63) is 38.7 Å². The van der Waals surface area contributed by atoms with E-state index in [1.54, 1.807) is 6.92 Å². The number of furan rings is 1. The summed E-state index contributed by atoms with van der Waals surface area (Å²) in [5.41, 5.74) is 1.88. The van der Waals surface area contributed by atoms with Gasteiger partial charge in [-0.1, -0.05) is 6.92 Å². The first-order chi connectivity index (χ1) is 11.8. The smallest absolute Gasteiger partial charge is 0.339 e. The number of thiophene rings is 1. The molecule has 2 aromatic heterocycles. The Bertz CT molecular complexity index is 890. The number of fused-ring (bicyclic) bond motifs is 1. The number of aromatic carboxylic acids is 1. The van der Waals surface area contributed by atoms with E-state index >= 15 is 0 Å². The molecule has 1 aliphatic rings. The van der Waals surface area contributed by atoms with E-state index in [4.69, 9.17) is 4.42 Å². The van der Waals surface area contributed by atoms with Crippen LogP contribution in [0, 0.1) is 13.8 Å². The van der Waals surface area contributed by atoms with Crippen molar-refractivity contribution in [1.82, 2.24) is 0 Å². The molecule has 0 fully saturated rings. The third-order valence-electron chi connectivity index (χ3n) is 4.52. The van der Waals surface area contributed by atoms with E-state index in [1.807, 2.05) is 13.8 Å². The van der Waals surface area contributed by atoms with Crippen molar-refractivity contribution in [3.63, 3.8) is 0 Å². The van der Waals surface area contributed by atoms with Gasteiger partial charge >= 0.3 is 5.97 Å². The lowest BCUT2D eigenvalue weighted by Crippen LogP contribution is -2.14. The fraction of sp³-hybridized carbons (Fsp3) is 0.389. The number of carbonyl (C=O) groups excluding carboxylic acids is 2. The molecule has 0 spiro atoms. The van der Waals surface area contributed by atoms with Gasteiger partial charge in [0.05, 0.1) is 11.1 Å². The molecule has 0 aliphatic heterocycles. The second kappa shape index (κ2) is 6.48. The van der Waals surface area contributed by atoms with Gasteiger partial charge in [-0.3, -0.25) is 9.59 Å². The van der Waals surface area contributed by atoms with E-state index in [9.17, 15) is 19.5 Å². The lowest BCUT2D eigenvalue weighted by Gasteiger charge is -2.07. The van der Waals surface area contributed by atoms with E-state index in [1.165, 1.54) is 11.3 Å². The summed E-state index contributed by atoms with van der Waals surface area (Å²) in [6, 6.07) is 0. The normalized spacial score (nSPS) is 13.6. The molecule has 2 aromatic rings. The average Bonchev–Trinajstić information content (AvgIpc) is 3.05. The minimum atomic E-state index is -1.07. The van der Waals surface area contributed by atoms with Crippen molar-refractivity contribution < 1.29 is 23.9 Å².